The van der Waals surface area contributed by atoms with Gasteiger partial charge in [0.25, 0.3) is 0 Å². The zero-order chi connectivity index (χ0) is 13.0. The van der Waals surface area contributed by atoms with Crippen molar-refractivity contribution in [3.05, 3.63) is 30.3 Å². The Balaban J connectivity index is 2.17. The molecule has 18 heavy (non-hydrogen) atoms. The first kappa shape index (κ1) is 13.9. The normalized spacial score (nSPS) is 21.7. The molecule has 2 nitrogen and oxygen atoms in total. The van der Waals surface area contributed by atoms with Gasteiger partial charge in [0.05, 0.1) is 6.10 Å². The van der Waals surface area contributed by atoms with E-state index in [-0.39, 0.29) is 17.3 Å². The van der Waals surface area contributed by atoms with Gasteiger partial charge in [-0.2, -0.15) is 0 Å². The summed E-state index contributed by atoms with van der Waals surface area (Å²) < 4.78 is -0.108. The first-order valence-electron chi connectivity index (χ1n) is 6.71. The average Bonchev–Trinajstić information content (AvgIpc) is 2.88. The third-order valence-corrected chi connectivity index (χ3v) is 5.44. The number of benzene rings is 1. The summed E-state index contributed by atoms with van der Waals surface area (Å²) in [6.07, 6.45) is 4.00. The standard InChI is InChI=1S/C15H22O2S/c1-12(11-16)14(17)15(9-5-6-10-15)18-13-7-3-2-4-8-13/h2-4,7-8,12,14,16-17H,5-6,9-11H2,1H3/t12-,14+/m0/s1. The van der Waals surface area contributed by atoms with Crippen molar-refractivity contribution in [2.24, 2.45) is 5.92 Å². The van der Waals surface area contributed by atoms with Crippen LogP contribution in [0.5, 0.6) is 0 Å². The van der Waals surface area contributed by atoms with Gasteiger partial charge in [-0.3, -0.25) is 0 Å². The zero-order valence-electron chi connectivity index (χ0n) is 10.9. The van der Waals surface area contributed by atoms with Crippen LogP contribution in [0.25, 0.3) is 0 Å². The lowest BCUT2D eigenvalue weighted by Gasteiger charge is -2.36. The molecule has 0 amide bonds. The summed E-state index contributed by atoms with van der Waals surface area (Å²) in [7, 11) is 0. The zero-order valence-corrected chi connectivity index (χ0v) is 11.7. The first-order chi connectivity index (χ1) is 8.68. The van der Waals surface area contributed by atoms with E-state index in [2.05, 4.69) is 12.1 Å². The van der Waals surface area contributed by atoms with Gasteiger partial charge in [0.1, 0.15) is 0 Å². The summed E-state index contributed by atoms with van der Waals surface area (Å²) in [5, 5.41) is 19.8. The van der Waals surface area contributed by atoms with E-state index in [1.165, 1.54) is 17.7 Å². The summed E-state index contributed by atoms with van der Waals surface area (Å²) in [5.74, 6) is -0.0562. The Hall–Kier alpha value is -0.510. The van der Waals surface area contributed by atoms with E-state index >= 15 is 0 Å². The molecule has 0 heterocycles. The highest BCUT2D eigenvalue weighted by Gasteiger charge is 2.43. The monoisotopic (exact) mass is 266 g/mol. The van der Waals surface area contributed by atoms with E-state index in [1.807, 2.05) is 25.1 Å². The van der Waals surface area contributed by atoms with E-state index in [0.717, 1.165) is 12.8 Å². The molecule has 100 valence electrons. The third kappa shape index (κ3) is 2.90. The van der Waals surface area contributed by atoms with Crippen molar-refractivity contribution in [3.8, 4) is 0 Å². The van der Waals surface area contributed by atoms with Gasteiger partial charge in [-0.15, -0.1) is 11.8 Å². The Labute approximate surface area is 113 Å². The smallest absolute Gasteiger partial charge is 0.0737 e. The third-order valence-electron chi connectivity index (χ3n) is 3.88. The fourth-order valence-corrected chi connectivity index (χ4v) is 4.38. The summed E-state index contributed by atoms with van der Waals surface area (Å²) in [6, 6.07) is 10.3. The fraction of sp³-hybridized carbons (Fsp3) is 0.600. The van der Waals surface area contributed by atoms with E-state index in [0.29, 0.717) is 0 Å². The lowest BCUT2D eigenvalue weighted by Crippen LogP contribution is -2.42. The average molecular weight is 266 g/mol. The van der Waals surface area contributed by atoms with Crippen molar-refractivity contribution in [3.63, 3.8) is 0 Å². The highest BCUT2D eigenvalue weighted by Crippen LogP contribution is 2.49. The summed E-state index contributed by atoms with van der Waals surface area (Å²) in [4.78, 5) is 1.21. The second kappa shape index (κ2) is 6.09. The van der Waals surface area contributed by atoms with Crippen LogP contribution < -0.4 is 0 Å². The summed E-state index contributed by atoms with van der Waals surface area (Å²) in [5.41, 5.74) is 0. The Kier molecular flexibility index (Phi) is 4.71. The van der Waals surface area contributed by atoms with Crippen LogP contribution in [0, 0.1) is 5.92 Å². The molecule has 0 aromatic heterocycles. The van der Waals surface area contributed by atoms with Crippen LogP contribution in [0.4, 0.5) is 0 Å². The molecule has 1 aromatic carbocycles. The highest BCUT2D eigenvalue weighted by atomic mass is 32.2. The minimum absolute atomic E-state index is 0.0538. The molecule has 2 atom stereocenters. The van der Waals surface area contributed by atoms with Crippen molar-refractivity contribution < 1.29 is 10.2 Å². The van der Waals surface area contributed by atoms with Crippen LogP contribution in [0.2, 0.25) is 0 Å². The minimum Gasteiger partial charge on any atom is -0.396 e. The maximum Gasteiger partial charge on any atom is 0.0737 e. The number of aliphatic hydroxyl groups excluding tert-OH is 2. The molecular formula is C15H22O2S. The number of hydrogen-bond acceptors (Lipinski definition) is 3. The van der Waals surface area contributed by atoms with Gasteiger partial charge in [-0.25, -0.2) is 0 Å². The van der Waals surface area contributed by atoms with Crippen molar-refractivity contribution in [1.82, 2.24) is 0 Å². The van der Waals surface area contributed by atoms with Crippen LogP contribution in [0.15, 0.2) is 35.2 Å². The molecule has 2 rings (SSSR count). The van der Waals surface area contributed by atoms with Crippen LogP contribution in [0.3, 0.4) is 0 Å². The molecule has 3 heteroatoms. The molecule has 0 bridgehead atoms. The molecule has 1 aliphatic carbocycles. The molecule has 0 saturated heterocycles. The molecule has 1 aromatic rings. The van der Waals surface area contributed by atoms with Gasteiger partial charge in [-0.1, -0.05) is 38.0 Å². The van der Waals surface area contributed by atoms with Gasteiger partial charge in [0, 0.05) is 22.2 Å². The van der Waals surface area contributed by atoms with Crippen molar-refractivity contribution >= 4 is 11.8 Å². The van der Waals surface area contributed by atoms with Gasteiger partial charge in [0.2, 0.25) is 0 Å². The number of hydrogen-bond donors (Lipinski definition) is 2. The van der Waals surface area contributed by atoms with E-state index in [9.17, 15) is 10.2 Å². The largest absolute Gasteiger partial charge is 0.396 e. The van der Waals surface area contributed by atoms with Crippen LogP contribution in [0.1, 0.15) is 32.6 Å². The summed E-state index contributed by atoms with van der Waals surface area (Å²) >= 11 is 1.79. The van der Waals surface area contributed by atoms with Crippen molar-refractivity contribution in [2.75, 3.05) is 6.61 Å². The summed E-state index contributed by atoms with van der Waals surface area (Å²) in [6.45, 7) is 1.98. The fourth-order valence-electron chi connectivity index (χ4n) is 2.77. The van der Waals surface area contributed by atoms with E-state index in [4.69, 9.17) is 0 Å². The van der Waals surface area contributed by atoms with E-state index in [1.54, 1.807) is 11.8 Å². The second-order valence-electron chi connectivity index (χ2n) is 5.29. The molecule has 2 N–H and O–H groups in total. The number of rotatable bonds is 5. The highest BCUT2D eigenvalue weighted by molar-refractivity contribution is 8.00. The first-order valence-corrected chi connectivity index (χ1v) is 7.52. The van der Waals surface area contributed by atoms with Crippen molar-refractivity contribution in [2.45, 2.75) is 48.4 Å². The van der Waals surface area contributed by atoms with Gasteiger partial charge in [-0.05, 0) is 25.0 Å². The molecule has 1 saturated carbocycles. The maximum absolute atomic E-state index is 10.5. The predicted octanol–water partition coefficient (Wildman–Crippen LogP) is 3.08. The molecule has 1 aliphatic rings. The minimum atomic E-state index is -0.435. The quantitative estimate of drug-likeness (QED) is 0.860. The van der Waals surface area contributed by atoms with Crippen LogP contribution >= 0.6 is 11.8 Å². The van der Waals surface area contributed by atoms with Crippen molar-refractivity contribution in [1.29, 1.82) is 0 Å². The topological polar surface area (TPSA) is 40.5 Å². The SMILES string of the molecule is C[C@@H](CO)[C@@H](O)C1(Sc2ccccc2)CCCC1. The van der Waals surface area contributed by atoms with Gasteiger partial charge < -0.3 is 10.2 Å². The Morgan fingerprint density at radius 2 is 1.83 bits per heavy atom. The maximum atomic E-state index is 10.5. The Morgan fingerprint density at radius 1 is 1.22 bits per heavy atom. The predicted molar refractivity (Wildman–Crippen MR) is 75.8 cm³/mol. The Morgan fingerprint density at radius 3 is 2.39 bits per heavy atom. The lowest BCUT2D eigenvalue weighted by atomic mass is 9.90. The van der Waals surface area contributed by atoms with E-state index < -0.39 is 6.10 Å². The lowest BCUT2D eigenvalue weighted by molar-refractivity contribution is 0.0468. The van der Waals surface area contributed by atoms with Gasteiger partial charge >= 0.3 is 0 Å². The molecule has 0 radical (unpaired) electrons. The van der Waals surface area contributed by atoms with Crippen LogP contribution in [-0.2, 0) is 0 Å². The molecule has 0 spiro atoms. The van der Waals surface area contributed by atoms with Gasteiger partial charge in [0.15, 0.2) is 0 Å². The number of thioether (sulfide) groups is 1. The van der Waals surface area contributed by atoms with Crippen LogP contribution in [-0.4, -0.2) is 27.7 Å². The molecule has 1 fully saturated rings. The molecule has 0 aliphatic heterocycles. The second-order valence-corrected chi connectivity index (χ2v) is 6.78. The Bertz CT molecular complexity index is 360. The molecule has 0 unspecified atom stereocenters. The molecular weight excluding hydrogens is 244 g/mol. The number of aliphatic hydroxyl groups is 2.